The van der Waals surface area contributed by atoms with Gasteiger partial charge in [-0.25, -0.2) is 0 Å². The van der Waals surface area contributed by atoms with Crippen molar-refractivity contribution in [1.82, 2.24) is 9.78 Å². The molecule has 0 aliphatic carbocycles. The minimum absolute atomic E-state index is 0.295. The molecule has 0 bridgehead atoms. The summed E-state index contributed by atoms with van der Waals surface area (Å²) in [5, 5.41) is 7.60. The first-order valence-electron chi connectivity index (χ1n) is 9.07. The van der Waals surface area contributed by atoms with E-state index in [4.69, 9.17) is 9.47 Å². The van der Waals surface area contributed by atoms with E-state index in [-0.39, 0.29) is 5.91 Å². The van der Waals surface area contributed by atoms with Crippen LogP contribution >= 0.6 is 0 Å². The van der Waals surface area contributed by atoms with Crippen LogP contribution in [-0.2, 0) is 6.54 Å². The zero-order valence-electron chi connectivity index (χ0n) is 16.9. The molecule has 0 fully saturated rings. The number of carbonyl (C=O) groups is 1. The van der Waals surface area contributed by atoms with Gasteiger partial charge in [-0.05, 0) is 44.0 Å². The second kappa shape index (κ2) is 8.17. The van der Waals surface area contributed by atoms with Crippen molar-refractivity contribution in [1.29, 1.82) is 0 Å². The Labute approximate surface area is 165 Å². The molecule has 6 nitrogen and oxygen atoms in total. The molecule has 3 aromatic rings. The van der Waals surface area contributed by atoms with Gasteiger partial charge in [-0.2, -0.15) is 5.10 Å². The molecule has 0 spiro atoms. The molecule has 0 atom stereocenters. The van der Waals surface area contributed by atoms with Crippen molar-refractivity contribution in [2.75, 3.05) is 19.5 Å². The highest BCUT2D eigenvalue weighted by atomic mass is 16.5. The fraction of sp³-hybridized carbons (Fsp3) is 0.273. The number of benzene rings is 2. The molecule has 3 rings (SSSR count). The van der Waals surface area contributed by atoms with Crippen molar-refractivity contribution in [2.45, 2.75) is 27.3 Å². The molecule has 1 N–H and O–H groups in total. The van der Waals surface area contributed by atoms with Gasteiger partial charge in [-0.15, -0.1) is 0 Å². The van der Waals surface area contributed by atoms with Crippen LogP contribution in [0.2, 0.25) is 0 Å². The molecule has 0 unspecified atom stereocenters. The second-order valence-electron chi connectivity index (χ2n) is 6.62. The highest BCUT2D eigenvalue weighted by Gasteiger charge is 2.21. The summed E-state index contributed by atoms with van der Waals surface area (Å²) in [6, 6.07) is 13.5. The number of rotatable bonds is 6. The van der Waals surface area contributed by atoms with Crippen LogP contribution in [0.15, 0.2) is 42.5 Å². The molecule has 1 amide bonds. The maximum atomic E-state index is 13.0. The van der Waals surface area contributed by atoms with Crippen molar-refractivity contribution in [3.63, 3.8) is 0 Å². The standard InChI is InChI=1S/C22H25N3O3/c1-14-9-6-7-10-17(14)13-25-16(3)21(15(2)24-25)23-22(26)20-18(27-4)11-8-12-19(20)28-5/h6-12H,13H2,1-5H3,(H,23,26). The zero-order chi connectivity index (χ0) is 20.3. The van der Waals surface area contributed by atoms with Gasteiger partial charge in [0.05, 0.1) is 37.8 Å². The Morgan fingerprint density at radius 2 is 1.64 bits per heavy atom. The van der Waals surface area contributed by atoms with Crippen LogP contribution in [-0.4, -0.2) is 29.9 Å². The van der Waals surface area contributed by atoms with Crippen molar-refractivity contribution < 1.29 is 14.3 Å². The summed E-state index contributed by atoms with van der Waals surface area (Å²) in [6.07, 6.45) is 0. The second-order valence-corrected chi connectivity index (χ2v) is 6.62. The molecule has 1 aromatic heterocycles. The minimum Gasteiger partial charge on any atom is -0.496 e. The average Bonchev–Trinajstić information content (AvgIpc) is 2.96. The normalized spacial score (nSPS) is 10.6. The number of methoxy groups -OCH3 is 2. The van der Waals surface area contributed by atoms with E-state index in [1.54, 1.807) is 18.2 Å². The van der Waals surface area contributed by atoms with E-state index in [0.29, 0.717) is 29.3 Å². The number of hydrogen-bond donors (Lipinski definition) is 1. The molecule has 0 saturated heterocycles. The number of hydrogen-bond acceptors (Lipinski definition) is 4. The largest absolute Gasteiger partial charge is 0.496 e. The molecule has 0 radical (unpaired) electrons. The van der Waals surface area contributed by atoms with Gasteiger partial charge >= 0.3 is 0 Å². The Balaban J connectivity index is 1.91. The average molecular weight is 379 g/mol. The van der Waals surface area contributed by atoms with Gasteiger partial charge in [0, 0.05) is 0 Å². The lowest BCUT2D eigenvalue weighted by Crippen LogP contribution is -2.15. The number of nitrogens with zero attached hydrogens (tertiary/aromatic N) is 2. The van der Waals surface area contributed by atoms with E-state index in [1.165, 1.54) is 25.3 Å². The monoisotopic (exact) mass is 379 g/mol. The fourth-order valence-corrected chi connectivity index (χ4v) is 3.23. The molecule has 1 heterocycles. The molecule has 6 heteroatoms. The quantitative estimate of drug-likeness (QED) is 0.699. The Bertz CT molecular complexity index is 986. The van der Waals surface area contributed by atoms with Gasteiger partial charge < -0.3 is 14.8 Å². The number of carbonyl (C=O) groups excluding carboxylic acids is 1. The molecular formula is C22H25N3O3. The van der Waals surface area contributed by atoms with Gasteiger partial charge in [-0.1, -0.05) is 30.3 Å². The summed E-state index contributed by atoms with van der Waals surface area (Å²) < 4.78 is 12.6. The predicted molar refractivity (Wildman–Crippen MR) is 109 cm³/mol. The van der Waals surface area contributed by atoms with Gasteiger partial charge in [-0.3, -0.25) is 9.48 Å². The SMILES string of the molecule is COc1cccc(OC)c1C(=O)Nc1c(C)nn(Cc2ccccc2C)c1C. The molecule has 0 saturated carbocycles. The third kappa shape index (κ3) is 3.71. The number of ether oxygens (including phenoxy) is 2. The smallest absolute Gasteiger partial charge is 0.263 e. The third-order valence-electron chi connectivity index (χ3n) is 4.86. The minimum atomic E-state index is -0.295. The summed E-state index contributed by atoms with van der Waals surface area (Å²) in [4.78, 5) is 13.0. The summed E-state index contributed by atoms with van der Waals surface area (Å²) in [7, 11) is 3.06. The van der Waals surface area contributed by atoms with Crippen molar-refractivity contribution in [2.24, 2.45) is 0 Å². The van der Waals surface area contributed by atoms with Crippen LogP contribution in [0.4, 0.5) is 5.69 Å². The maximum absolute atomic E-state index is 13.0. The Hall–Kier alpha value is -3.28. The summed E-state index contributed by atoms with van der Waals surface area (Å²) in [6.45, 7) is 6.56. The van der Waals surface area contributed by atoms with Crippen LogP contribution in [0.3, 0.4) is 0 Å². The molecule has 28 heavy (non-hydrogen) atoms. The summed E-state index contributed by atoms with van der Waals surface area (Å²) in [5.74, 6) is 0.620. The molecular weight excluding hydrogens is 354 g/mol. The number of anilines is 1. The third-order valence-corrected chi connectivity index (χ3v) is 4.86. The fourth-order valence-electron chi connectivity index (χ4n) is 3.23. The van der Waals surface area contributed by atoms with Gasteiger partial charge in [0.2, 0.25) is 0 Å². The first-order chi connectivity index (χ1) is 13.5. The summed E-state index contributed by atoms with van der Waals surface area (Å²) in [5.41, 5.74) is 5.11. The van der Waals surface area contributed by atoms with Gasteiger partial charge in [0.1, 0.15) is 17.1 Å². The van der Waals surface area contributed by atoms with Crippen LogP contribution < -0.4 is 14.8 Å². The van der Waals surface area contributed by atoms with Gasteiger partial charge in [0.15, 0.2) is 0 Å². The highest BCUT2D eigenvalue weighted by Crippen LogP contribution is 2.30. The Morgan fingerprint density at radius 1 is 1.00 bits per heavy atom. The number of aryl methyl sites for hydroxylation is 2. The van der Waals surface area contributed by atoms with E-state index in [0.717, 1.165) is 11.4 Å². The molecule has 0 aliphatic heterocycles. The van der Waals surface area contributed by atoms with Crippen molar-refractivity contribution >= 4 is 11.6 Å². The lowest BCUT2D eigenvalue weighted by molar-refractivity contribution is 0.102. The molecule has 2 aromatic carbocycles. The summed E-state index contributed by atoms with van der Waals surface area (Å²) >= 11 is 0. The van der Waals surface area contributed by atoms with Crippen LogP contribution in [0, 0.1) is 20.8 Å². The highest BCUT2D eigenvalue weighted by molar-refractivity contribution is 6.08. The van der Waals surface area contributed by atoms with Crippen LogP contribution in [0.25, 0.3) is 0 Å². The number of amides is 1. The van der Waals surface area contributed by atoms with Crippen molar-refractivity contribution in [3.05, 3.63) is 70.5 Å². The Kier molecular flexibility index (Phi) is 5.68. The Morgan fingerprint density at radius 3 is 2.25 bits per heavy atom. The van der Waals surface area contributed by atoms with Crippen LogP contribution in [0.5, 0.6) is 11.5 Å². The first-order valence-corrected chi connectivity index (χ1v) is 9.07. The van der Waals surface area contributed by atoms with E-state index in [2.05, 4.69) is 29.5 Å². The van der Waals surface area contributed by atoms with E-state index < -0.39 is 0 Å². The predicted octanol–water partition coefficient (Wildman–Crippen LogP) is 4.13. The lowest BCUT2D eigenvalue weighted by atomic mass is 10.1. The van der Waals surface area contributed by atoms with E-state index >= 15 is 0 Å². The van der Waals surface area contributed by atoms with E-state index in [1.807, 2.05) is 30.7 Å². The first kappa shape index (κ1) is 19.5. The van der Waals surface area contributed by atoms with Crippen LogP contribution in [0.1, 0.15) is 32.9 Å². The number of nitrogens with one attached hydrogen (secondary N) is 1. The van der Waals surface area contributed by atoms with Gasteiger partial charge in [0.25, 0.3) is 5.91 Å². The molecule has 0 aliphatic rings. The van der Waals surface area contributed by atoms with E-state index in [9.17, 15) is 4.79 Å². The topological polar surface area (TPSA) is 65.4 Å². The van der Waals surface area contributed by atoms with Crippen molar-refractivity contribution in [3.8, 4) is 11.5 Å². The lowest BCUT2D eigenvalue weighted by Gasteiger charge is -2.13. The maximum Gasteiger partial charge on any atom is 0.263 e. The molecule has 146 valence electrons. The number of aromatic nitrogens is 2. The zero-order valence-corrected chi connectivity index (χ0v) is 16.9.